The van der Waals surface area contributed by atoms with Crippen LogP contribution in [0, 0.1) is 5.92 Å². The molecule has 0 saturated heterocycles. The zero-order valence-electron chi connectivity index (χ0n) is 15.4. The van der Waals surface area contributed by atoms with Gasteiger partial charge in [-0.25, -0.2) is 4.68 Å². The van der Waals surface area contributed by atoms with Crippen molar-refractivity contribution in [3.63, 3.8) is 0 Å². The van der Waals surface area contributed by atoms with Gasteiger partial charge in [0.15, 0.2) is 5.69 Å². The van der Waals surface area contributed by atoms with Gasteiger partial charge in [-0.2, -0.15) is 5.10 Å². The van der Waals surface area contributed by atoms with Crippen molar-refractivity contribution in [1.82, 2.24) is 30.5 Å². The third kappa shape index (κ3) is 4.74. The molecule has 0 saturated carbocycles. The molecule has 0 aliphatic heterocycles. The minimum absolute atomic E-state index is 0.0861. The van der Waals surface area contributed by atoms with Crippen molar-refractivity contribution in [2.75, 3.05) is 5.32 Å². The van der Waals surface area contributed by atoms with Crippen molar-refractivity contribution in [3.05, 3.63) is 53.4 Å². The number of aromatic amines is 1. The Labute approximate surface area is 166 Å². The van der Waals surface area contributed by atoms with Crippen LogP contribution in [0.2, 0.25) is 5.02 Å². The van der Waals surface area contributed by atoms with Gasteiger partial charge < -0.3 is 10.6 Å². The van der Waals surface area contributed by atoms with E-state index in [9.17, 15) is 9.59 Å². The molecule has 10 heteroatoms. The van der Waals surface area contributed by atoms with Gasteiger partial charge in [-0.1, -0.05) is 42.8 Å². The molecular weight excluding hydrogens is 382 g/mol. The van der Waals surface area contributed by atoms with Gasteiger partial charge in [-0.3, -0.25) is 14.7 Å². The number of hydrogen-bond acceptors (Lipinski definition) is 5. The van der Waals surface area contributed by atoms with Crippen LogP contribution in [0.4, 0.5) is 5.82 Å². The molecule has 3 aromatic rings. The van der Waals surface area contributed by atoms with Gasteiger partial charge in [-0.15, -0.1) is 5.10 Å². The third-order valence-corrected chi connectivity index (χ3v) is 4.23. The quantitative estimate of drug-likeness (QED) is 0.562. The van der Waals surface area contributed by atoms with E-state index in [0.717, 1.165) is 0 Å². The molecule has 0 radical (unpaired) electrons. The fraction of sp³-hybridized carbons (Fsp3) is 0.278. The number of amides is 2. The largest absolute Gasteiger partial charge is 0.339 e. The molecule has 0 aliphatic rings. The van der Waals surface area contributed by atoms with Crippen LogP contribution in [0.3, 0.4) is 0 Å². The molecular formula is C18H20ClN7O2. The molecule has 1 unspecified atom stereocenters. The summed E-state index contributed by atoms with van der Waals surface area (Å²) < 4.78 is 1.42. The Kier molecular flexibility index (Phi) is 6.05. The standard InChI is InChI=1S/C18H20ClN7O2/c1-11(2)9-13(17(27)22-16-7-8-20-24-16)21-18(28)14-10-26(25-23-14)15-6-4-3-5-12(15)19/h3-8,10-11,13H,9H2,1-2H3,(H,21,28)(H2,20,22,24,27). The van der Waals surface area contributed by atoms with Gasteiger partial charge in [0.05, 0.1) is 23.1 Å². The highest BCUT2D eigenvalue weighted by Crippen LogP contribution is 2.18. The number of rotatable bonds is 7. The number of halogens is 1. The number of aromatic nitrogens is 5. The first-order valence-corrected chi connectivity index (χ1v) is 9.10. The summed E-state index contributed by atoms with van der Waals surface area (Å²) in [5, 5.41) is 20.2. The second kappa shape index (κ2) is 8.66. The SMILES string of the molecule is CC(C)CC(NC(=O)c1cn(-c2ccccc2Cl)nn1)C(=O)Nc1ccn[nH]1. The first kappa shape index (κ1) is 19.6. The molecule has 0 spiro atoms. The van der Waals surface area contributed by atoms with Crippen LogP contribution >= 0.6 is 11.6 Å². The fourth-order valence-electron chi connectivity index (χ4n) is 2.60. The van der Waals surface area contributed by atoms with E-state index in [0.29, 0.717) is 22.9 Å². The monoisotopic (exact) mass is 401 g/mol. The predicted octanol–water partition coefficient (Wildman–Crippen LogP) is 2.43. The Morgan fingerprint density at radius 1 is 1.25 bits per heavy atom. The minimum atomic E-state index is -0.735. The maximum Gasteiger partial charge on any atom is 0.274 e. The summed E-state index contributed by atoms with van der Waals surface area (Å²) in [6.07, 6.45) is 3.46. The number of anilines is 1. The molecule has 0 fully saturated rings. The molecule has 0 aliphatic carbocycles. The van der Waals surface area contributed by atoms with Crippen LogP contribution in [0.5, 0.6) is 0 Å². The van der Waals surface area contributed by atoms with Crippen LogP contribution < -0.4 is 10.6 Å². The maximum atomic E-state index is 12.6. The molecule has 1 atom stereocenters. The molecule has 146 valence electrons. The lowest BCUT2D eigenvalue weighted by molar-refractivity contribution is -0.118. The van der Waals surface area contributed by atoms with Gasteiger partial charge in [0.1, 0.15) is 11.9 Å². The van der Waals surface area contributed by atoms with E-state index in [1.54, 1.807) is 30.3 Å². The number of para-hydroxylation sites is 1. The lowest BCUT2D eigenvalue weighted by atomic mass is 10.0. The second-order valence-corrected chi connectivity index (χ2v) is 7.02. The van der Waals surface area contributed by atoms with Gasteiger partial charge in [0.2, 0.25) is 5.91 Å². The van der Waals surface area contributed by atoms with Crippen molar-refractivity contribution < 1.29 is 9.59 Å². The number of hydrogen-bond donors (Lipinski definition) is 3. The van der Waals surface area contributed by atoms with Crippen molar-refractivity contribution >= 4 is 29.2 Å². The van der Waals surface area contributed by atoms with Gasteiger partial charge in [0, 0.05) is 6.07 Å². The molecule has 1 aromatic carbocycles. The van der Waals surface area contributed by atoms with Gasteiger partial charge in [-0.05, 0) is 24.5 Å². The topological polar surface area (TPSA) is 118 Å². The predicted molar refractivity (Wildman–Crippen MR) is 104 cm³/mol. The number of benzene rings is 1. The first-order chi connectivity index (χ1) is 13.4. The zero-order chi connectivity index (χ0) is 20.1. The second-order valence-electron chi connectivity index (χ2n) is 6.61. The third-order valence-electron chi connectivity index (χ3n) is 3.91. The molecule has 2 heterocycles. The Morgan fingerprint density at radius 3 is 2.71 bits per heavy atom. The van der Waals surface area contributed by atoms with Crippen LogP contribution in [-0.2, 0) is 4.79 Å². The summed E-state index contributed by atoms with van der Waals surface area (Å²) in [6.45, 7) is 3.94. The number of nitrogens with one attached hydrogen (secondary N) is 3. The van der Waals surface area contributed by atoms with E-state index in [4.69, 9.17) is 11.6 Å². The molecule has 0 bridgehead atoms. The molecule has 3 rings (SSSR count). The lowest BCUT2D eigenvalue weighted by Crippen LogP contribution is -2.44. The van der Waals surface area contributed by atoms with Crippen LogP contribution in [0.1, 0.15) is 30.8 Å². The summed E-state index contributed by atoms with van der Waals surface area (Å²) in [7, 11) is 0. The van der Waals surface area contributed by atoms with Crippen molar-refractivity contribution in [2.24, 2.45) is 5.92 Å². The van der Waals surface area contributed by atoms with Crippen LogP contribution in [0.25, 0.3) is 5.69 Å². The Balaban J connectivity index is 1.73. The summed E-state index contributed by atoms with van der Waals surface area (Å²) in [5.74, 6) is -0.192. The van der Waals surface area contributed by atoms with E-state index >= 15 is 0 Å². The molecule has 2 amide bonds. The van der Waals surface area contributed by atoms with E-state index in [2.05, 4.69) is 31.1 Å². The molecule has 28 heavy (non-hydrogen) atoms. The van der Waals surface area contributed by atoms with E-state index in [1.165, 1.54) is 17.1 Å². The van der Waals surface area contributed by atoms with E-state index in [-0.39, 0.29) is 17.5 Å². The molecule has 2 aromatic heterocycles. The Bertz CT molecular complexity index is 953. The highest BCUT2D eigenvalue weighted by atomic mass is 35.5. The Morgan fingerprint density at radius 2 is 2.04 bits per heavy atom. The number of nitrogens with zero attached hydrogens (tertiary/aromatic N) is 4. The maximum absolute atomic E-state index is 12.6. The van der Waals surface area contributed by atoms with Crippen molar-refractivity contribution in [3.8, 4) is 5.69 Å². The first-order valence-electron chi connectivity index (χ1n) is 8.72. The van der Waals surface area contributed by atoms with Gasteiger partial charge >= 0.3 is 0 Å². The summed E-state index contributed by atoms with van der Waals surface area (Å²) in [4.78, 5) is 25.2. The Hall–Kier alpha value is -3.20. The van der Waals surface area contributed by atoms with Crippen molar-refractivity contribution in [2.45, 2.75) is 26.3 Å². The van der Waals surface area contributed by atoms with Crippen LogP contribution in [-0.4, -0.2) is 43.0 Å². The van der Waals surface area contributed by atoms with E-state index < -0.39 is 11.9 Å². The van der Waals surface area contributed by atoms with Crippen LogP contribution in [0.15, 0.2) is 42.7 Å². The average Bonchev–Trinajstić information content (AvgIpc) is 3.33. The highest BCUT2D eigenvalue weighted by Gasteiger charge is 2.24. The summed E-state index contributed by atoms with van der Waals surface area (Å²) in [5.41, 5.74) is 0.689. The summed E-state index contributed by atoms with van der Waals surface area (Å²) in [6, 6.07) is 7.98. The molecule has 9 nitrogen and oxygen atoms in total. The number of carbonyl (C=O) groups excluding carboxylic acids is 2. The van der Waals surface area contributed by atoms with Gasteiger partial charge in [0.25, 0.3) is 5.91 Å². The zero-order valence-corrected chi connectivity index (χ0v) is 16.1. The normalized spacial score (nSPS) is 12.0. The van der Waals surface area contributed by atoms with Crippen molar-refractivity contribution in [1.29, 1.82) is 0 Å². The number of H-pyrrole nitrogens is 1. The smallest absolute Gasteiger partial charge is 0.274 e. The fourth-order valence-corrected chi connectivity index (χ4v) is 2.83. The highest BCUT2D eigenvalue weighted by molar-refractivity contribution is 6.32. The minimum Gasteiger partial charge on any atom is -0.339 e. The summed E-state index contributed by atoms with van der Waals surface area (Å²) >= 11 is 6.15. The average molecular weight is 402 g/mol. The van der Waals surface area contributed by atoms with E-state index in [1.807, 2.05) is 13.8 Å². The lowest BCUT2D eigenvalue weighted by Gasteiger charge is -2.19. The number of carbonyl (C=O) groups is 2. The molecule has 3 N–H and O–H groups in total.